The molecule has 7 nitrogen and oxygen atoms in total. The number of aromatic nitrogens is 1. The number of amides is 2. The van der Waals surface area contributed by atoms with E-state index < -0.39 is 11.8 Å². The molecule has 0 saturated carbocycles. The summed E-state index contributed by atoms with van der Waals surface area (Å²) in [5.41, 5.74) is 7.28. The Morgan fingerprint density at radius 3 is 2.68 bits per heavy atom. The molecule has 0 bridgehead atoms. The summed E-state index contributed by atoms with van der Waals surface area (Å²) in [5.74, 6) is 0.0596. The third kappa shape index (κ3) is 2.51. The number of hydrogen-bond acceptors (Lipinski definition) is 5. The number of fused-ring (bicyclic) bond motifs is 3. The molecule has 0 spiro atoms. The predicted molar refractivity (Wildman–Crippen MR) is 89.2 cm³/mol. The van der Waals surface area contributed by atoms with E-state index in [9.17, 15) is 9.59 Å². The molecule has 1 aromatic heterocycles. The molecule has 0 aliphatic carbocycles. The summed E-state index contributed by atoms with van der Waals surface area (Å²) in [6.45, 7) is 0.177. The molecule has 0 fully saturated rings. The molecule has 3 aromatic rings. The van der Waals surface area contributed by atoms with Crippen molar-refractivity contribution in [3.63, 3.8) is 0 Å². The monoisotopic (exact) mass is 335 g/mol. The molecule has 25 heavy (non-hydrogen) atoms. The maximum Gasteiger partial charge on any atom is 0.278 e. The van der Waals surface area contributed by atoms with Crippen LogP contribution in [0.5, 0.6) is 5.75 Å². The SMILES string of the molecule is NC(=O)c1ccccc1NC(=O)c1noc2c1COc1ccccc1-2. The Bertz CT molecular complexity index is 993. The van der Waals surface area contributed by atoms with Crippen LogP contribution < -0.4 is 15.8 Å². The average molecular weight is 335 g/mol. The second kappa shape index (κ2) is 5.79. The van der Waals surface area contributed by atoms with Gasteiger partial charge in [-0.05, 0) is 24.3 Å². The quantitative estimate of drug-likeness (QED) is 0.765. The number of hydrogen-bond donors (Lipinski definition) is 2. The molecule has 1 aliphatic heterocycles. The van der Waals surface area contributed by atoms with Crippen LogP contribution in [-0.4, -0.2) is 17.0 Å². The lowest BCUT2D eigenvalue weighted by atomic mass is 10.0. The minimum atomic E-state index is -0.629. The van der Waals surface area contributed by atoms with Gasteiger partial charge in [0.2, 0.25) is 0 Å². The van der Waals surface area contributed by atoms with Gasteiger partial charge in [0.05, 0.1) is 22.4 Å². The van der Waals surface area contributed by atoms with Gasteiger partial charge in [-0.3, -0.25) is 9.59 Å². The minimum Gasteiger partial charge on any atom is -0.488 e. The number of nitrogens with one attached hydrogen (secondary N) is 1. The molecule has 7 heteroatoms. The number of ether oxygens (including phenoxy) is 1. The van der Waals surface area contributed by atoms with Crippen LogP contribution in [0.3, 0.4) is 0 Å². The zero-order chi connectivity index (χ0) is 17.4. The number of benzene rings is 2. The number of rotatable bonds is 3. The molecular weight excluding hydrogens is 322 g/mol. The van der Waals surface area contributed by atoms with E-state index >= 15 is 0 Å². The molecule has 3 N–H and O–H groups in total. The van der Waals surface area contributed by atoms with Crippen molar-refractivity contribution in [1.82, 2.24) is 5.16 Å². The van der Waals surface area contributed by atoms with Crippen molar-refractivity contribution in [1.29, 1.82) is 0 Å². The Morgan fingerprint density at radius 2 is 1.84 bits per heavy atom. The number of anilines is 1. The summed E-state index contributed by atoms with van der Waals surface area (Å²) in [6.07, 6.45) is 0. The smallest absolute Gasteiger partial charge is 0.278 e. The van der Waals surface area contributed by atoms with Crippen molar-refractivity contribution >= 4 is 17.5 Å². The highest BCUT2D eigenvalue weighted by molar-refractivity contribution is 6.09. The van der Waals surface area contributed by atoms with E-state index in [1.54, 1.807) is 18.2 Å². The minimum absolute atomic E-state index is 0.115. The first kappa shape index (κ1) is 14.9. The van der Waals surface area contributed by atoms with E-state index in [2.05, 4.69) is 10.5 Å². The van der Waals surface area contributed by atoms with E-state index in [0.29, 0.717) is 22.8 Å². The van der Waals surface area contributed by atoms with Gasteiger partial charge < -0.3 is 20.3 Å². The van der Waals surface area contributed by atoms with Crippen molar-refractivity contribution in [3.8, 4) is 17.1 Å². The molecular formula is C18H13N3O4. The second-order valence-corrected chi connectivity index (χ2v) is 5.49. The molecule has 0 atom stereocenters. The van der Waals surface area contributed by atoms with E-state index in [1.165, 1.54) is 6.07 Å². The lowest BCUT2D eigenvalue weighted by molar-refractivity contribution is 0.100. The van der Waals surface area contributed by atoms with E-state index in [0.717, 1.165) is 5.56 Å². The van der Waals surface area contributed by atoms with Gasteiger partial charge in [-0.15, -0.1) is 0 Å². The number of primary amides is 1. The number of nitrogens with two attached hydrogens (primary N) is 1. The van der Waals surface area contributed by atoms with Crippen molar-refractivity contribution in [2.45, 2.75) is 6.61 Å². The number of nitrogens with zero attached hydrogens (tertiary/aromatic N) is 1. The first-order valence-electron chi connectivity index (χ1n) is 7.56. The molecule has 1 aliphatic rings. The van der Waals surface area contributed by atoms with E-state index in [1.807, 2.05) is 24.3 Å². The van der Waals surface area contributed by atoms with Gasteiger partial charge in [0, 0.05) is 0 Å². The van der Waals surface area contributed by atoms with Crippen molar-refractivity contribution in [3.05, 3.63) is 65.4 Å². The summed E-state index contributed by atoms with van der Waals surface area (Å²) in [6, 6.07) is 13.9. The Hall–Kier alpha value is -3.61. The van der Waals surface area contributed by atoms with Crippen molar-refractivity contribution in [2.75, 3.05) is 5.32 Å². The molecule has 124 valence electrons. The maximum absolute atomic E-state index is 12.6. The van der Waals surface area contributed by atoms with E-state index in [-0.39, 0.29) is 17.9 Å². The summed E-state index contributed by atoms with van der Waals surface area (Å²) in [5, 5.41) is 6.53. The Labute approximate surface area is 142 Å². The van der Waals surface area contributed by atoms with Gasteiger partial charge in [0.25, 0.3) is 11.8 Å². The number of carbonyl (C=O) groups is 2. The molecule has 2 heterocycles. The fourth-order valence-corrected chi connectivity index (χ4v) is 2.75. The average Bonchev–Trinajstić information content (AvgIpc) is 3.06. The third-order valence-corrected chi connectivity index (χ3v) is 3.95. The van der Waals surface area contributed by atoms with Gasteiger partial charge in [-0.2, -0.15) is 0 Å². The topological polar surface area (TPSA) is 107 Å². The van der Waals surface area contributed by atoms with Crippen LogP contribution in [0.2, 0.25) is 0 Å². The van der Waals surface area contributed by atoms with Gasteiger partial charge >= 0.3 is 0 Å². The largest absolute Gasteiger partial charge is 0.488 e. The molecule has 2 aromatic carbocycles. The van der Waals surface area contributed by atoms with Crippen molar-refractivity contribution in [2.24, 2.45) is 5.73 Å². The highest BCUT2D eigenvalue weighted by Crippen LogP contribution is 2.38. The van der Waals surface area contributed by atoms with Gasteiger partial charge in [0.1, 0.15) is 12.4 Å². The summed E-state index contributed by atoms with van der Waals surface area (Å²) in [7, 11) is 0. The van der Waals surface area contributed by atoms with Gasteiger partial charge in [-0.1, -0.05) is 29.4 Å². The highest BCUT2D eigenvalue weighted by atomic mass is 16.5. The summed E-state index contributed by atoms with van der Waals surface area (Å²) < 4.78 is 11.0. The predicted octanol–water partition coefficient (Wildman–Crippen LogP) is 2.59. The Morgan fingerprint density at radius 1 is 1.08 bits per heavy atom. The number of carbonyl (C=O) groups excluding carboxylic acids is 2. The van der Waals surface area contributed by atoms with Crippen molar-refractivity contribution < 1.29 is 18.8 Å². The first-order valence-corrected chi connectivity index (χ1v) is 7.56. The van der Waals surface area contributed by atoms with Gasteiger partial charge in [0.15, 0.2) is 11.5 Å². The zero-order valence-electron chi connectivity index (χ0n) is 13.0. The maximum atomic E-state index is 12.6. The first-order chi connectivity index (χ1) is 12.1. The fourth-order valence-electron chi connectivity index (χ4n) is 2.75. The Kier molecular flexibility index (Phi) is 3.46. The summed E-state index contributed by atoms with van der Waals surface area (Å²) in [4.78, 5) is 24.1. The molecule has 0 radical (unpaired) electrons. The number of para-hydroxylation sites is 2. The second-order valence-electron chi connectivity index (χ2n) is 5.49. The fraction of sp³-hybridized carbons (Fsp3) is 0.0556. The van der Waals surface area contributed by atoms with Crippen LogP contribution in [0.25, 0.3) is 11.3 Å². The Balaban J connectivity index is 1.68. The van der Waals surface area contributed by atoms with Gasteiger partial charge in [-0.25, -0.2) is 0 Å². The lowest BCUT2D eigenvalue weighted by Crippen LogP contribution is -2.20. The van der Waals surface area contributed by atoms with Crippen LogP contribution in [-0.2, 0) is 6.61 Å². The standard InChI is InChI=1S/C18H13N3O4/c19-17(22)10-5-1-3-7-13(10)20-18(23)15-12-9-24-14-8-4-2-6-11(14)16(12)25-21-15/h1-8H,9H2,(H2,19,22)(H,20,23). The third-order valence-electron chi connectivity index (χ3n) is 3.95. The molecule has 0 saturated heterocycles. The van der Waals surface area contributed by atoms with Crippen LogP contribution >= 0.6 is 0 Å². The zero-order valence-corrected chi connectivity index (χ0v) is 13.0. The summed E-state index contributed by atoms with van der Waals surface area (Å²) >= 11 is 0. The molecule has 2 amide bonds. The molecule has 0 unspecified atom stereocenters. The normalized spacial score (nSPS) is 11.8. The van der Waals surface area contributed by atoms with Crippen LogP contribution in [0, 0.1) is 0 Å². The van der Waals surface area contributed by atoms with E-state index in [4.69, 9.17) is 15.0 Å². The molecule has 4 rings (SSSR count). The van der Waals surface area contributed by atoms with Crippen LogP contribution in [0.15, 0.2) is 53.1 Å². The van der Waals surface area contributed by atoms with Crippen LogP contribution in [0.4, 0.5) is 5.69 Å². The van der Waals surface area contributed by atoms with Crippen LogP contribution in [0.1, 0.15) is 26.4 Å². The lowest BCUT2D eigenvalue weighted by Gasteiger charge is -2.16. The highest BCUT2D eigenvalue weighted by Gasteiger charge is 2.29.